The molecule has 1 atom stereocenters. The van der Waals surface area contributed by atoms with Gasteiger partial charge in [-0.1, -0.05) is 12.1 Å². The van der Waals surface area contributed by atoms with Crippen molar-refractivity contribution in [2.45, 2.75) is 6.42 Å². The monoisotopic (exact) mass is 288 g/mol. The van der Waals surface area contributed by atoms with Gasteiger partial charge in [-0.2, -0.15) is 0 Å². The molecular formula is C12H17BrO3. The van der Waals surface area contributed by atoms with Gasteiger partial charge in [0.15, 0.2) is 0 Å². The minimum absolute atomic E-state index is 0.118. The van der Waals surface area contributed by atoms with Gasteiger partial charge in [0.2, 0.25) is 0 Å². The number of para-hydroxylation sites is 1. The van der Waals surface area contributed by atoms with Crippen LogP contribution in [0.2, 0.25) is 0 Å². The van der Waals surface area contributed by atoms with Crippen molar-refractivity contribution in [3.05, 3.63) is 28.7 Å². The quantitative estimate of drug-likeness (QED) is 0.838. The maximum absolute atomic E-state index is 9.15. The minimum Gasteiger partial charge on any atom is -0.492 e. The van der Waals surface area contributed by atoms with E-state index in [1.807, 2.05) is 24.3 Å². The standard InChI is InChI=1S/C12H17BrO3/c1-15-7-6-10(8-14)9-16-12-5-3-2-4-11(12)13/h2-5,10,14H,6-9H2,1H3. The van der Waals surface area contributed by atoms with Crippen molar-refractivity contribution in [1.82, 2.24) is 0 Å². The molecule has 0 aliphatic carbocycles. The van der Waals surface area contributed by atoms with Crippen LogP contribution in [-0.2, 0) is 4.74 Å². The number of benzene rings is 1. The third-order valence-corrected chi connectivity index (χ3v) is 2.95. The molecule has 1 aromatic carbocycles. The predicted octanol–water partition coefficient (Wildman–Crippen LogP) is 2.47. The number of aliphatic hydroxyl groups is 1. The van der Waals surface area contributed by atoms with Crippen LogP contribution in [0.3, 0.4) is 0 Å². The summed E-state index contributed by atoms with van der Waals surface area (Å²) in [7, 11) is 1.66. The molecule has 0 aliphatic heterocycles. The highest BCUT2D eigenvalue weighted by Gasteiger charge is 2.09. The van der Waals surface area contributed by atoms with Crippen molar-refractivity contribution in [3.8, 4) is 5.75 Å². The molecule has 1 unspecified atom stereocenters. The molecule has 3 nitrogen and oxygen atoms in total. The molecular weight excluding hydrogens is 272 g/mol. The van der Waals surface area contributed by atoms with E-state index >= 15 is 0 Å². The van der Waals surface area contributed by atoms with Gasteiger partial charge in [-0.15, -0.1) is 0 Å². The molecule has 0 saturated heterocycles. The predicted molar refractivity (Wildman–Crippen MR) is 66.7 cm³/mol. The Balaban J connectivity index is 2.40. The van der Waals surface area contributed by atoms with E-state index in [9.17, 15) is 0 Å². The van der Waals surface area contributed by atoms with Crippen molar-refractivity contribution in [3.63, 3.8) is 0 Å². The minimum atomic E-state index is 0.118. The van der Waals surface area contributed by atoms with Crippen molar-refractivity contribution >= 4 is 15.9 Å². The van der Waals surface area contributed by atoms with Gasteiger partial charge >= 0.3 is 0 Å². The number of methoxy groups -OCH3 is 1. The summed E-state index contributed by atoms with van der Waals surface area (Å²) < 4.78 is 11.5. The van der Waals surface area contributed by atoms with E-state index in [-0.39, 0.29) is 12.5 Å². The summed E-state index contributed by atoms with van der Waals surface area (Å²) in [6.45, 7) is 1.26. The third-order valence-electron chi connectivity index (χ3n) is 2.30. The van der Waals surface area contributed by atoms with Crippen molar-refractivity contribution < 1.29 is 14.6 Å². The third kappa shape index (κ3) is 4.51. The summed E-state index contributed by atoms with van der Waals surface area (Å²) in [5.41, 5.74) is 0. The van der Waals surface area contributed by atoms with E-state index in [4.69, 9.17) is 14.6 Å². The molecule has 1 aromatic rings. The van der Waals surface area contributed by atoms with E-state index in [0.29, 0.717) is 13.2 Å². The van der Waals surface area contributed by atoms with Gasteiger partial charge < -0.3 is 14.6 Å². The first-order valence-corrected chi connectivity index (χ1v) is 6.04. The Morgan fingerprint density at radius 3 is 2.75 bits per heavy atom. The zero-order valence-electron chi connectivity index (χ0n) is 9.36. The van der Waals surface area contributed by atoms with E-state index in [1.165, 1.54) is 0 Å². The highest BCUT2D eigenvalue weighted by atomic mass is 79.9. The van der Waals surface area contributed by atoms with Crippen LogP contribution in [0.15, 0.2) is 28.7 Å². The normalized spacial score (nSPS) is 12.4. The van der Waals surface area contributed by atoms with Crippen molar-refractivity contribution in [1.29, 1.82) is 0 Å². The second kappa shape index (κ2) is 7.65. The van der Waals surface area contributed by atoms with Crippen LogP contribution < -0.4 is 4.74 Å². The smallest absolute Gasteiger partial charge is 0.133 e. The van der Waals surface area contributed by atoms with Crippen LogP contribution in [-0.4, -0.2) is 32.0 Å². The van der Waals surface area contributed by atoms with Gasteiger partial charge in [0.25, 0.3) is 0 Å². The lowest BCUT2D eigenvalue weighted by Crippen LogP contribution is -2.18. The lowest BCUT2D eigenvalue weighted by atomic mass is 10.1. The second-order valence-electron chi connectivity index (χ2n) is 3.57. The fraction of sp³-hybridized carbons (Fsp3) is 0.500. The van der Waals surface area contributed by atoms with Crippen molar-refractivity contribution in [2.75, 3.05) is 26.9 Å². The van der Waals surface area contributed by atoms with Crippen LogP contribution in [0, 0.1) is 5.92 Å². The first-order valence-electron chi connectivity index (χ1n) is 5.25. The molecule has 4 heteroatoms. The summed E-state index contributed by atoms with van der Waals surface area (Å²) in [5.74, 6) is 0.922. The lowest BCUT2D eigenvalue weighted by molar-refractivity contribution is 0.115. The molecule has 0 saturated carbocycles. The highest BCUT2D eigenvalue weighted by Crippen LogP contribution is 2.24. The number of halogens is 1. The summed E-state index contributed by atoms with van der Waals surface area (Å²) in [4.78, 5) is 0. The number of aliphatic hydroxyl groups excluding tert-OH is 1. The Kier molecular flexibility index (Phi) is 6.45. The maximum atomic E-state index is 9.15. The van der Waals surface area contributed by atoms with Gasteiger partial charge in [-0.05, 0) is 34.5 Å². The van der Waals surface area contributed by atoms with Crippen LogP contribution in [0.4, 0.5) is 0 Å². The molecule has 90 valence electrons. The number of rotatable bonds is 7. The number of ether oxygens (including phenoxy) is 2. The van der Waals surface area contributed by atoms with Crippen LogP contribution in [0.5, 0.6) is 5.75 Å². The van der Waals surface area contributed by atoms with E-state index in [1.54, 1.807) is 7.11 Å². The molecule has 16 heavy (non-hydrogen) atoms. The van der Waals surface area contributed by atoms with Crippen molar-refractivity contribution in [2.24, 2.45) is 5.92 Å². The fourth-order valence-electron chi connectivity index (χ4n) is 1.28. The van der Waals surface area contributed by atoms with E-state index < -0.39 is 0 Å². The maximum Gasteiger partial charge on any atom is 0.133 e. The first kappa shape index (κ1) is 13.5. The molecule has 0 bridgehead atoms. The van der Waals surface area contributed by atoms with Gasteiger partial charge in [0, 0.05) is 26.2 Å². The highest BCUT2D eigenvalue weighted by molar-refractivity contribution is 9.10. The Labute approximate surface area is 105 Å². The molecule has 0 heterocycles. The average molecular weight is 289 g/mol. The summed E-state index contributed by atoms with van der Waals surface area (Å²) >= 11 is 3.41. The second-order valence-corrected chi connectivity index (χ2v) is 4.43. The van der Waals surface area contributed by atoms with Crippen LogP contribution >= 0.6 is 15.9 Å². The molecule has 0 spiro atoms. The van der Waals surface area contributed by atoms with E-state index in [0.717, 1.165) is 16.6 Å². The Bertz CT molecular complexity index is 304. The largest absolute Gasteiger partial charge is 0.492 e. The van der Waals surface area contributed by atoms with Crippen LogP contribution in [0.1, 0.15) is 6.42 Å². The molecule has 0 aliphatic rings. The molecule has 0 fully saturated rings. The van der Waals surface area contributed by atoms with Crippen LogP contribution in [0.25, 0.3) is 0 Å². The number of hydrogen-bond acceptors (Lipinski definition) is 3. The first-order chi connectivity index (χ1) is 7.77. The zero-order valence-corrected chi connectivity index (χ0v) is 10.9. The topological polar surface area (TPSA) is 38.7 Å². The molecule has 0 radical (unpaired) electrons. The SMILES string of the molecule is COCCC(CO)COc1ccccc1Br. The van der Waals surface area contributed by atoms with Gasteiger partial charge in [0.05, 0.1) is 11.1 Å². The molecule has 1 rings (SSSR count). The Morgan fingerprint density at radius 2 is 2.12 bits per heavy atom. The van der Waals surface area contributed by atoms with Gasteiger partial charge in [-0.3, -0.25) is 0 Å². The van der Waals surface area contributed by atoms with Gasteiger partial charge in [-0.25, -0.2) is 0 Å². The molecule has 1 N–H and O–H groups in total. The number of hydrogen-bond donors (Lipinski definition) is 1. The van der Waals surface area contributed by atoms with E-state index in [2.05, 4.69) is 15.9 Å². The Morgan fingerprint density at radius 1 is 1.38 bits per heavy atom. The molecule has 0 amide bonds. The van der Waals surface area contributed by atoms with Gasteiger partial charge in [0.1, 0.15) is 5.75 Å². The molecule has 0 aromatic heterocycles. The summed E-state index contributed by atoms with van der Waals surface area (Å²) in [5, 5.41) is 9.15. The Hall–Kier alpha value is -0.580. The zero-order chi connectivity index (χ0) is 11.8. The summed E-state index contributed by atoms with van der Waals surface area (Å²) in [6, 6.07) is 7.68. The fourth-order valence-corrected chi connectivity index (χ4v) is 1.68. The lowest BCUT2D eigenvalue weighted by Gasteiger charge is -2.15. The summed E-state index contributed by atoms with van der Waals surface area (Å²) in [6.07, 6.45) is 0.803. The average Bonchev–Trinajstić information content (AvgIpc) is 2.31.